The molecule has 0 aliphatic carbocycles. The monoisotopic (exact) mass is 375 g/mol. The highest BCUT2D eigenvalue weighted by Crippen LogP contribution is 2.38. The van der Waals surface area contributed by atoms with Crippen molar-refractivity contribution in [2.45, 2.75) is 37.9 Å². The van der Waals surface area contributed by atoms with Crippen molar-refractivity contribution in [3.05, 3.63) is 28.3 Å². The minimum Gasteiger partial charge on any atom is -0.490 e. The first-order chi connectivity index (χ1) is 12.4. The van der Waals surface area contributed by atoms with E-state index in [2.05, 4.69) is 16.1 Å². The van der Waals surface area contributed by atoms with E-state index in [1.807, 2.05) is 0 Å². The number of amides is 1. The van der Waals surface area contributed by atoms with Gasteiger partial charge in [0.05, 0.1) is 17.1 Å². The smallest absolute Gasteiger partial charge is 0.335 e. The molecule has 7 nitrogen and oxygen atoms in total. The minimum absolute atomic E-state index is 0.0596. The number of aromatic carboxylic acids is 1. The molecule has 0 bridgehead atoms. The van der Waals surface area contributed by atoms with Crippen molar-refractivity contribution in [2.75, 3.05) is 13.2 Å². The van der Waals surface area contributed by atoms with Gasteiger partial charge in [-0.3, -0.25) is 4.79 Å². The average Bonchev–Trinajstić information content (AvgIpc) is 3.41. The Morgan fingerprint density at radius 3 is 2.81 bits per heavy atom. The molecule has 2 aliphatic rings. The SMILES string of the molecule is C#CCCC1(CCC(=O)N2CCOc3c(Cl)cc(C(=O)O)cc3C2)N=N1. The Hall–Kier alpha value is -2.59. The van der Waals surface area contributed by atoms with Crippen LogP contribution >= 0.6 is 11.6 Å². The fraction of sp³-hybridized carbons (Fsp3) is 0.444. The third kappa shape index (κ3) is 3.97. The van der Waals surface area contributed by atoms with Crippen LogP contribution in [0.25, 0.3) is 0 Å². The van der Waals surface area contributed by atoms with Gasteiger partial charge in [0.15, 0.2) is 5.66 Å². The second kappa shape index (κ2) is 7.34. The predicted molar refractivity (Wildman–Crippen MR) is 94.2 cm³/mol. The number of fused-ring (bicyclic) bond motifs is 1. The maximum Gasteiger partial charge on any atom is 0.335 e. The molecule has 2 aliphatic heterocycles. The molecule has 1 aromatic carbocycles. The topological polar surface area (TPSA) is 91.6 Å². The maximum atomic E-state index is 12.6. The average molecular weight is 376 g/mol. The normalized spacial score (nSPS) is 16.8. The molecule has 0 spiro atoms. The van der Waals surface area contributed by atoms with Crippen molar-refractivity contribution < 1.29 is 19.4 Å². The number of hydrogen-bond donors (Lipinski definition) is 1. The molecule has 1 N–H and O–H groups in total. The molecular formula is C18H18ClN3O4. The van der Waals surface area contributed by atoms with E-state index in [-0.39, 0.29) is 23.0 Å². The van der Waals surface area contributed by atoms with E-state index in [4.69, 9.17) is 22.8 Å². The van der Waals surface area contributed by atoms with E-state index in [0.717, 1.165) is 0 Å². The van der Waals surface area contributed by atoms with Crippen molar-refractivity contribution in [3.8, 4) is 18.1 Å². The number of ether oxygens (including phenoxy) is 1. The zero-order chi connectivity index (χ0) is 18.7. The summed E-state index contributed by atoms with van der Waals surface area (Å²) in [6.07, 6.45) is 7.31. The highest BCUT2D eigenvalue weighted by Gasteiger charge is 2.39. The third-order valence-corrected chi connectivity index (χ3v) is 4.76. The summed E-state index contributed by atoms with van der Waals surface area (Å²) < 4.78 is 5.63. The summed E-state index contributed by atoms with van der Waals surface area (Å²) in [6, 6.07) is 2.85. The molecule has 0 atom stereocenters. The van der Waals surface area contributed by atoms with E-state index < -0.39 is 11.6 Å². The molecule has 3 rings (SSSR count). The fourth-order valence-electron chi connectivity index (χ4n) is 2.94. The number of terminal acetylenes is 1. The Bertz CT molecular complexity index is 809. The molecule has 0 fully saturated rings. The summed E-state index contributed by atoms with van der Waals surface area (Å²) in [7, 11) is 0. The molecule has 0 saturated carbocycles. The first-order valence-electron chi connectivity index (χ1n) is 8.28. The molecule has 1 aromatic rings. The molecule has 0 saturated heterocycles. The van der Waals surface area contributed by atoms with Gasteiger partial charge in [-0.15, -0.1) is 12.3 Å². The number of halogens is 1. The minimum atomic E-state index is -1.08. The summed E-state index contributed by atoms with van der Waals surface area (Å²) in [6.45, 7) is 0.945. The highest BCUT2D eigenvalue weighted by molar-refractivity contribution is 6.32. The number of carbonyl (C=O) groups excluding carboxylic acids is 1. The lowest BCUT2D eigenvalue weighted by atomic mass is 10.0. The van der Waals surface area contributed by atoms with E-state index in [1.54, 1.807) is 4.90 Å². The zero-order valence-electron chi connectivity index (χ0n) is 14.1. The maximum absolute atomic E-state index is 12.6. The Morgan fingerprint density at radius 1 is 1.38 bits per heavy atom. The quantitative estimate of drug-likeness (QED) is 0.773. The first kappa shape index (κ1) is 18.2. The number of benzene rings is 1. The predicted octanol–water partition coefficient (Wildman–Crippen LogP) is 3.11. The van der Waals surface area contributed by atoms with Gasteiger partial charge < -0.3 is 14.7 Å². The summed E-state index contributed by atoms with van der Waals surface area (Å²) in [5.74, 6) is 1.86. The van der Waals surface area contributed by atoms with Gasteiger partial charge in [-0.2, -0.15) is 10.2 Å². The van der Waals surface area contributed by atoms with Gasteiger partial charge in [0.25, 0.3) is 0 Å². The molecule has 26 heavy (non-hydrogen) atoms. The Kier molecular flexibility index (Phi) is 5.14. The highest BCUT2D eigenvalue weighted by atomic mass is 35.5. The lowest BCUT2D eigenvalue weighted by Gasteiger charge is -2.20. The second-order valence-electron chi connectivity index (χ2n) is 6.30. The lowest BCUT2D eigenvalue weighted by molar-refractivity contribution is -0.132. The summed E-state index contributed by atoms with van der Waals surface area (Å²) in [4.78, 5) is 25.5. The van der Waals surface area contributed by atoms with E-state index >= 15 is 0 Å². The van der Waals surface area contributed by atoms with Gasteiger partial charge in [0.1, 0.15) is 12.4 Å². The molecule has 1 amide bonds. The Labute approximate surface area is 156 Å². The molecule has 8 heteroatoms. The molecule has 0 radical (unpaired) electrons. The van der Waals surface area contributed by atoms with Gasteiger partial charge in [-0.25, -0.2) is 4.79 Å². The van der Waals surface area contributed by atoms with Gasteiger partial charge in [-0.05, 0) is 12.1 Å². The van der Waals surface area contributed by atoms with Crippen molar-refractivity contribution in [1.82, 2.24) is 4.90 Å². The van der Waals surface area contributed by atoms with Crippen molar-refractivity contribution in [3.63, 3.8) is 0 Å². The van der Waals surface area contributed by atoms with Crippen LogP contribution in [-0.4, -0.2) is 40.7 Å². The van der Waals surface area contributed by atoms with Crippen LogP contribution in [0.2, 0.25) is 5.02 Å². The van der Waals surface area contributed by atoms with Crippen LogP contribution in [0.15, 0.2) is 22.4 Å². The first-order valence-corrected chi connectivity index (χ1v) is 8.66. The third-order valence-electron chi connectivity index (χ3n) is 4.48. The standard InChI is InChI=1S/C18H18ClN3O4/c1-2-3-5-18(20-21-18)6-4-15(23)22-7-8-26-16-13(11-22)9-12(17(24)25)10-14(16)19/h1,9-10H,3-8,11H2,(H,24,25). The van der Waals surface area contributed by atoms with Crippen molar-refractivity contribution in [1.29, 1.82) is 0 Å². The van der Waals surface area contributed by atoms with E-state index in [1.165, 1.54) is 12.1 Å². The van der Waals surface area contributed by atoms with Gasteiger partial charge in [0, 0.05) is 37.8 Å². The number of rotatable bonds is 6. The van der Waals surface area contributed by atoms with Gasteiger partial charge >= 0.3 is 5.97 Å². The molecule has 2 heterocycles. The zero-order valence-corrected chi connectivity index (χ0v) is 14.8. The van der Waals surface area contributed by atoms with Gasteiger partial charge in [0.2, 0.25) is 5.91 Å². The lowest BCUT2D eigenvalue weighted by Crippen LogP contribution is -2.33. The van der Waals surface area contributed by atoms with Crippen LogP contribution in [0.1, 0.15) is 41.6 Å². The number of carboxylic acids is 1. The van der Waals surface area contributed by atoms with E-state index in [0.29, 0.717) is 50.1 Å². The molecule has 136 valence electrons. The Balaban J connectivity index is 1.67. The van der Waals surface area contributed by atoms with Crippen molar-refractivity contribution >= 4 is 23.5 Å². The summed E-state index contributed by atoms with van der Waals surface area (Å²) in [5.41, 5.74) is 0.154. The van der Waals surface area contributed by atoms with Gasteiger partial charge in [-0.1, -0.05) is 11.6 Å². The van der Waals surface area contributed by atoms with Crippen molar-refractivity contribution in [2.24, 2.45) is 10.2 Å². The molecule has 0 aromatic heterocycles. The van der Waals surface area contributed by atoms with E-state index in [9.17, 15) is 14.7 Å². The van der Waals surface area contributed by atoms with Crippen LogP contribution in [0.4, 0.5) is 0 Å². The molecule has 0 unspecified atom stereocenters. The number of nitrogens with zero attached hydrogens (tertiary/aromatic N) is 3. The van der Waals surface area contributed by atoms with Crippen LogP contribution in [-0.2, 0) is 11.3 Å². The van der Waals surface area contributed by atoms with Crippen LogP contribution in [0, 0.1) is 12.3 Å². The Morgan fingerprint density at radius 2 is 2.15 bits per heavy atom. The summed E-state index contributed by atoms with van der Waals surface area (Å²) in [5, 5.41) is 17.5. The fourth-order valence-corrected chi connectivity index (χ4v) is 3.24. The summed E-state index contributed by atoms with van der Waals surface area (Å²) >= 11 is 6.14. The number of carbonyl (C=O) groups is 2. The van der Waals surface area contributed by atoms with Crippen LogP contribution in [0.5, 0.6) is 5.75 Å². The number of hydrogen-bond acceptors (Lipinski definition) is 5. The van der Waals surface area contributed by atoms with Crippen LogP contribution < -0.4 is 4.74 Å². The largest absolute Gasteiger partial charge is 0.490 e. The number of carboxylic acid groups (broad SMARTS) is 1. The molecular weight excluding hydrogens is 358 g/mol. The second-order valence-corrected chi connectivity index (χ2v) is 6.71. The van der Waals surface area contributed by atoms with Crippen LogP contribution in [0.3, 0.4) is 0 Å².